The van der Waals surface area contributed by atoms with E-state index in [9.17, 15) is 0 Å². The van der Waals surface area contributed by atoms with Crippen molar-refractivity contribution < 1.29 is 0 Å². The molecule has 11 rings (SSSR count). The topological polar surface area (TPSA) is 29.0 Å². The molecule has 55 heavy (non-hydrogen) atoms. The summed E-state index contributed by atoms with van der Waals surface area (Å²) in [5, 5.41) is 15.5. The molecule has 3 heteroatoms. The summed E-state index contributed by atoms with van der Waals surface area (Å²) in [6.07, 6.45) is -0.100. The van der Waals surface area contributed by atoms with Gasteiger partial charge in [0.1, 0.15) is 6.17 Å². The first-order chi connectivity index (χ1) is 27.3. The Bertz CT molecular complexity index is 2960. The van der Waals surface area contributed by atoms with Gasteiger partial charge < -0.3 is 9.88 Å². The lowest BCUT2D eigenvalue weighted by atomic mass is 9.92. The molecule has 3 nitrogen and oxygen atoms in total. The minimum Gasteiger partial charge on any atom is -0.366 e. The maximum absolute atomic E-state index is 4.01. The molecule has 1 aliphatic rings. The molecule has 2 atom stereocenters. The largest absolute Gasteiger partial charge is 0.366 e. The third-order valence-electron chi connectivity index (χ3n) is 11.5. The van der Waals surface area contributed by atoms with E-state index in [2.05, 4.69) is 215 Å². The monoisotopic (exact) mass is 703 g/mol. The van der Waals surface area contributed by atoms with E-state index >= 15 is 0 Å². The van der Waals surface area contributed by atoms with E-state index in [0.717, 1.165) is 11.4 Å². The average Bonchev–Trinajstić information content (AvgIpc) is 3.62. The molecular formula is C52H37N3. The van der Waals surface area contributed by atoms with Gasteiger partial charge in [-0.25, -0.2) is 0 Å². The minimum atomic E-state index is -0.100. The molecule has 2 unspecified atom stereocenters. The lowest BCUT2D eigenvalue weighted by molar-refractivity contribution is 0.506. The van der Waals surface area contributed by atoms with E-state index in [1.54, 1.807) is 0 Å². The SMILES string of the molecule is c1ccc(-c2cccc(-c3ccc(C4NC(c5cccc(-n6c7ccc8ccccc8c7c7c8ccccc8ccc76)c5)Nc5ccccc54)cc3)c2)cc1. The van der Waals surface area contributed by atoms with Gasteiger partial charge in [0.2, 0.25) is 0 Å². The first kappa shape index (κ1) is 31.6. The van der Waals surface area contributed by atoms with Crippen LogP contribution in [0.25, 0.3) is 71.3 Å². The maximum atomic E-state index is 4.01. The van der Waals surface area contributed by atoms with Crippen molar-refractivity contribution in [1.82, 2.24) is 9.88 Å². The fraction of sp³-hybridized carbons (Fsp3) is 0.0385. The molecular weight excluding hydrogens is 667 g/mol. The number of hydrogen-bond donors (Lipinski definition) is 2. The molecule has 0 spiro atoms. The van der Waals surface area contributed by atoms with Gasteiger partial charge in [-0.2, -0.15) is 0 Å². The van der Waals surface area contributed by atoms with E-state index in [0.29, 0.717) is 0 Å². The quantitative estimate of drug-likeness (QED) is 0.187. The number of anilines is 1. The molecule has 1 aliphatic heterocycles. The standard InChI is InChI=1S/C52H37N3/c1-2-12-34(13-3-1)39-16-10-17-40(32-39)35-24-26-38(27-25-35)51-45-22-8-9-23-46(45)53-52(54-51)41-18-11-19-42(33-41)55-47-30-28-36-14-4-6-20-43(36)49(47)50-44-21-7-5-15-37(44)29-31-48(50)55/h1-33,51-54H. The fourth-order valence-electron chi connectivity index (χ4n) is 8.84. The van der Waals surface area contributed by atoms with E-state index in [4.69, 9.17) is 0 Å². The predicted octanol–water partition coefficient (Wildman–Crippen LogP) is 13.2. The average molecular weight is 704 g/mol. The molecule has 2 N–H and O–H groups in total. The van der Waals surface area contributed by atoms with Crippen molar-refractivity contribution in [1.29, 1.82) is 0 Å². The molecule has 10 aromatic rings. The summed E-state index contributed by atoms with van der Waals surface area (Å²) in [4.78, 5) is 0. The number of nitrogens with zero attached hydrogens (tertiary/aromatic N) is 1. The van der Waals surface area contributed by atoms with Gasteiger partial charge in [0.05, 0.1) is 17.1 Å². The normalized spacial score (nSPS) is 15.3. The van der Waals surface area contributed by atoms with Crippen molar-refractivity contribution in [2.75, 3.05) is 5.32 Å². The first-order valence-corrected chi connectivity index (χ1v) is 19.1. The molecule has 0 bridgehead atoms. The zero-order chi connectivity index (χ0) is 36.3. The van der Waals surface area contributed by atoms with Gasteiger partial charge in [0.25, 0.3) is 0 Å². The Morgan fingerprint density at radius 1 is 0.400 bits per heavy atom. The zero-order valence-electron chi connectivity index (χ0n) is 30.2. The minimum absolute atomic E-state index is 0.0155. The summed E-state index contributed by atoms with van der Waals surface area (Å²) in [6.45, 7) is 0. The Morgan fingerprint density at radius 3 is 1.69 bits per heavy atom. The Morgan fingerprint density at radius 2 is 0.982 bits per heavy atom. The number of benzene rings is 9. The molecule has 9 aromatic carbocycles. The zero-order valence-corrected chi connectivity index (χ0v) is 30.2. The third kappa shape index (κ3) is 5.32. The van der Waals surface area contributed by atoms with Gasteiger partial charge in [-0.15, -0.1) is 0 Å². The number of para-hydroxylation sites is 1. The summed E-state index contributed by atoms with van der Waals surface area (Å²) in [5.74, 6) is 0. The van der Waals surface area contributed by atoms with Crippen LogP contribution in [-0.2, 0) is 0 Å². The summed E-state index contributed by atoms with van der Waals surface area (Å²) in [7, 11) is 0. The summed E-state index contributed by atoms with van der Waals surface area (Å²) < 4.78 is 2.45. The highest BCUT2D eigenvalue weighted by molar-refractivity contribution is 6.28. The molecule has 1 aromatic heterocycles. The number of aromatic nitrogens is 1. The Kier molecular flexibility index (Phi) is 7.39. The van der Waals surface area contributed by atoms with Gasteiger partial charge in [-0.1, -0.05) is 164 Å². The van der Waals surface area contributed by atoms with Crippen LogP contribution in [0.3, 0.4) is 0 Å². The Hall–Kier alpha value is -6.94. The van der Waals surface area contributed by atoms with Gasteiger partial charge >= 0.3 is 0 Å². The van der Waals surface area contributed by atoms with Gasteiger partial charge in [0.15, 0.2) is 0 Å². The fourth-order valence-corrected chi connectivity index (χ4v) is 8.84. The number of fused-ring (bicyclic) bond motifs is 8. The second kappa shape index (κ2) is 12.9. The van der Waals surface area contributed by atoms with Crippen LogP contribution in [0.2, 0.25) is 0 Å². The first-order valence-electron chi connectivity index (χ1n) is 19.1. The molecule has 0 saturated heterocycles. The van der Waals surface area contributed by atoms with Crippen molar-refractivity contribution in [3.05, 3.63) is 217 Å². The van der Waals surface area contributed by atoms with Crippen LogP contribution in [0.1, 0.15) is 28.9 Å². The van der Waals surface area contributed by atoms with Crippen LogP contribution in [0.5, 0.6) is 0 Å². The molecule has 0 saturated carbocycles. The van der Waals surface area contributed by atoms with Gasteiger partial charge in [0, 0.05) is 22.1 Å². The van der Waals surface area contributed by atoms with Crippen LogP contribution < -0.4 is 10.6 Å². The smallest absolute Gasteiger partial charge is 0.104 e. The third-order valence-corrected chi connectivity index (χ3v) is 11.5. The molecule has 0 amide bonds. The summed E-state index contributed by atoms with van der Waals surface area (Å²) in [5.41, 5.74) is 13.3. The predicted molar refractivity (Wildman–Crippen MR) is 231 cm³/mol. The summed E-state index contributed by atoms with van der Waals surface area (Å²) >= 11 is 0. The maximum Gasteiger partial charge on any atom is 0.104 e. The van der Waals surface area contributed by atoms with Crippen molar-refractivity contribution in [2.24, 2.45) is 0 Å². The molecule has 260 valence electrons. The highest BCUT2D eigenvalue weighted by Crippen LogP contribution is 2.42. The van der Waals surface area contributed by atoms with E-state index in [1.807, 2.05) is 0 Å². The van der Waals surface area contributed by atoms with Crippen LogP contribution in [0.4, 0.5) is 5.69 Å². The molecule has 0 fully saturated rings. The number of hydrogen-bond acceptors (Lipinski definition) is 2. The molecule has 2 heterocycles. The van der Waals surface area contributed by atoms with Crippen LogP contribution in [0.15, 0.2) is 200 Å². The van der Waals surface area contributed by atoms with Crippen LogP contribution in [-0.4, -0.2) is 4.57 Å². The Labute approximate surface area is 320 Å². The van der Waals surface area contributed by atoms with Crippen molar-refractivity contribution in [3.8, 4) is 27.9 Å². The van der Waals surface area contributed by atoms with Crippen LogP contribution in [0, 0.1) is 0 Å². The van der Waals surface area contributed by atoms with Crippen molar-refractivity contribution >= 4 is 49.0 Å². The lowest BCUT2D eigenvalue weighted by Gasteiger charge is -2.35. The highest BCUT2D eigenvalue weighted by Gasteiger charge is 2.28. The van der Waals surface area contributed by atoms with Crippen LogP contribution >= 0.6 is 0 Å². The Balaban J connectivity index is 0.987. The molecule has 0 aliphatic carbocycles. The van der Waals surface area contributed by atoms with Gasteiger partial charge in [-0.05, 0) is 96.9 Å². The second-order valence-electron chi connectivity index (χ2n) is 14.6. The molecule has 0 radical (unpaired) electrons. The summed E-state index contributed by atoms with van der Waals surface area (Å²) in [6, 6.07) is 72.9. The number of rotatable bonds is 5. The van der Waals surface area contributed by atoms with Crippen molar-refractivity contribution in [2.45, 2.75) is 12.2 Å². The van der Waals surface area contributed by atoms with E-state index in [-0.39, 0.29) is 12.2 Å². The number of nitrogens with one attached hydrogen (secondary N) is 2. The second-order valence-corrected chi connectivity index (χ2v) is 14.6. The lowest BCUT2D eigenvalue weighted by Crippen LogP contribution is -2.37. The van der Waals surface area contributed by atoms with E-state index < -0.39 is 0 Å². The van der Waals surface area contributed by atoms with E-state index in [1.165, 1.54) is 82.3 Å². The van der Waals surface area contributed by atoms with Crippen molar-refractivity contribution in [3.63, 3.8) is 0 Å². The highest BCUT2D eigenvalue weighted by atomic mass is 15.2. The van der Waals surface area contributed by atoms with Gasteiger partial charge in [-0.3, -0.25) is 5.32 Å².